The van der Waals surface area contributed by atoms with Gasteiger partial charge in [0.2, 0.25) is 0 Å². The summed E-state index contributed by atoms with van der Waals surface area (Å²) in [5, 5.41) is 20.9. The van der Waals surface area contributed by atoms with E-state index in [0.29, 0.717) is 18.3 Å². The Bertz CT molecular complexity index is 765. The van der Waals surface area contributed by atoms with Crippen molar-refractivity contribution < 1.29 is 9.90 Å². The van der Waals surface area contributed by atoms with E-state index in [1.54, 1.807) is 13.8 Å². The van der Waals surface area contributed by atoms with Gasteiger partial charge in [0.15, 0.2) is 0 Å². The summed E-state index contributed by atoms with van der Waals surface area (Å²) in [6.07, 6.45) is 2.16. The van der Waals surface area contributed by atoms with E-state index in [9.17, 15) is 9.90 Å². The summed E-state index contributed by atoms with van der Waals surface area (Å²) in [6.45, 7) is 5.68. The van der Waals surface area contributed by atoms with E-state index in [0.717, 1.165) is 40.8 Å². The highest BCUT2D eigenvalue weighted by Gasteiger charge is 2.32. The van der Waals surface area contributed by atoms with Crippen molar-refractivity contribution >= 4 is 34.7 Å². The fraction of sp³-hybridized carbons (Fsp3) is 0.556. The van der Waals surface area contributed by atoms with E-state index >= 15 is 0 Å². The lowest BCUT2D eigenvalue weighted by Crippen LogP contribution is -2.34. The van der Waals surface area contributed by atoms with Crippen LogP contribution in [-0.4, -0.2) is 40.5 Å². The molecule has 1 unspecified atom stereocenters. The molecular weight excluding hydrogens is 372 g/mol. The molecule has 3 heterocycles. The highest BCUT2D eigenvalue weighted by molar-refractivity contribution is 7.16. The number of piperidine rings is 1. The number of halogens is 1. The molecule has 3 N–H and O–H groups in total. The third-order valence-corrected chi connectivity index (χ3v) is 5.91. The number of hydrogen-bond donors (Lipinski definition) is 3. The van der Waals surface area contributed by atoms with Crippen LogP contribution < -0.4 is 10.6 Å². The fourth-order valence-corrected chi connectivity index (χ4v) is 3.99. The molecule has 1 fully saturated rings. The maximum atomic E-state index is 12.9. The topological polar surface area (TPSA) is 79.2 Å². The molecule has 0 aliphatic carbocycles. The molecule has 1 atom stereocenters. The molecule has 1 saturated heterocycles. The molecule has 0 radical (unpaired) electrons. The second-order valence-electron chi connectivity index (χ2n) is 7.32. The first-order chi connectivity index (χ1) is 12.4. The van der Waals surface area contributed by atoms with E-state index in [2.05, 4.69) is 15.7 Å². The minimum atomic E-state index is -0.892. The van der Waals surface area contributed by atoms with Crippen molar-refractivity contribution in [2.45, 2.75) is 39.2 Å². The second-order valence-corrected chi connectivity index (χ2v) is 9.12. The number of nitrogens with zero attached hydrogens (tertiary/aromatic N) is 2. The molecule has 1 aliphatic rings. The Kier molecular flexibility index (Phi) is 6.02. The zero-order valence-electron chi connectivity index (χ0n) is 15.1. The molecule has 26 heavy (non-hydrogen) atoms. The van der Waals surface area contributed by atoms with E-state index < -0.39 is 5.41 Å². The van der Waals surface area contributed by atoms with Gasteiger partial charge in [0.1, 0.15) is 5.82 Å². The first-order valence-corrected chi connectivity index (χ1v) is 10.0. The van der Waals surface area contributed by atoms with Gasteiger partial charge in [0, 0.05) is 23.4 Å². The molecule has 6 nitrogen and oxygen atoms in total. The summed E-state index contributed by atoms with van der Waals surface area (Å²) in [4.78, 5) is 14.0. The normalized spacial score (nSPS) is 18.1. The van der Waals surface area contributed by atoms with Crippen LogP contribution in [0.4, 0.5) is 5.82 Å². The molecular formula is C18H25ClN4O2S. The van der Waals surface area contributed by atoms with Crippen molar-refractivity contribution in [3.8, 4) is 0 Å². The summed E-state index contributed by atoms with van der Waals surface area (Å²) < 4.78 is 2.15. The number of thiophene rings is 1. The molecule has 8 heteroatoms. The van der Waals surface area contributed by atoms with E-state index in [1.165, 1.54) is 16.0 Å². The van der Waals surface area contributed by atoms with Gasteiger partial charge in [0.05, 0.1) is 28.6 Å². The summed E-state index contributed by atoms with van der Waals surface area (Å²) in [5.74, 6) is 0.732. The quantitative estimate of drug-likeness (QED) is 0.697. The fourth-order valence-electron chi connectivity index (χ4n) is 2.96. The van der Waals surface area contributed by atoms with E-state index in [4.69, 9.17) is 11.6 Å². The number of anilines is 1. The van der Waals surface area contributed by atoms with Gasteiger partial charge >= 0.3 is 0 Å². The number of carbonyl (C=O) groups excluding carboxylic acids is 1. The maximum absolute atomic E-state index is 12.9. The Labute approximate surface area is 162 Å². The lowest BCUT2D eigenvalue weighted by Gasteiger charge is -2.21. The highest BCUT2D eigenvalue weighted by Crippen LogP contribution is 2.28. The smallest absolute Gasteiger partial charge is 0.256 e. The van der Waals surface area contributed by atoms with Gasteiger partial charge in [-0.15, -0.1) is 11.3 Å². The third-order valence-electron chi connectivity index (χ3n) is 4.68. The van der Waals surface area contributed by atoms with Crippen LogP contribution in [0.1, 0.15) is 48.0 Å². The predicted octanol–water partition coefficient (Wildman–Crippen LogP) is 3.34. The van der Waals surface area contributed by atoms with Gasteiger partial charge in [-0.25, -0.2) is 0 Å². The largest absolute Gasteiger partial charge is 0.395 e. The second kappa shape index (κ2) is 8.08. The van der Waals surface area contributed by atoms with Crippen molar-refractivity contribution in [1.82, 2.24) is 15.1 Å². The van der Waals surface area contributed by atoms with Crippen molar-refractivity contribution in [3.05, 3.63) is 33.1 Å². The third kappa shape index (κ3) is 4.28. The molecule has 2 aromatic rings. The SMILES string of the molecule is CC(C)(CO)C(=O)n1nc(C2CCCNC2)cc1NCc1ccc(Cl)s1. The molecule has 2 aromatic heterocycles. The number of aliphatic hydroxyl groups is 1. The molecule has 142 valence electrons. The average molecular weight is 397 g/mol. The summed E-state index contributed by atoms with van der Waals surface area (Å²) in [5.41, 5.74) is 0.0162. The Morgan fingerprint density at radius 3 is 2.96 bits per heavy atom. The monoisotopic (exact) mass is 396 g/mol. The van der Waals surface area contributed by atoms with Crippen LogP contribution in [0.25, 0.3) is 0 Å². The number of aromatic nitrogens is 2. The van der Waals surface area contributed by atoms with Crippen molar-refractivity contribution in [1.29, 1.82) is 0 Å². The zero-order chi connectivity index (χ0) is 18.7. The molecule has 0 amide bonds. The van der Waals surface area contributed by atoms with E-state index in [1.807, 2.05) is 18.2 Å². The van der Waals surface area contributed by atoms with Gasteiger partial charge in [-0.05, 0) is 45.4 Å². The maximum Gasteiger partial charge on any atom is 0.256 e. The Morgan fingerprint density at radius 1 is 1.54 bits per heavy atom. The molecule has 0 aromatic carbocycles. The Hall–Kier alpha value is -1.41. The number of aliphatic hydroxyl groups excluding tert-OH is 1. The minimum Gasteiger partial charge on any atom is -0.395 e. The first-order valence-electron chi connectivity index (χ1n) is 8.85. The molecule has 0 spiro atoms. The average Bonchev–Trinajstić information content (AvgIpc) is 3.26. The zero-order valence-corrected chi connectivity index (χ0v) is 16.7. The van der Waals surface area contributed by atoms with Gasteiger partial charge in [0.25, 0.3) is 5.91 Å². The van der Waals surface area contributed by atoms with Crippen LogP contribution in [0.15, 0.2) is 18.2 Å². The van der Waals surface area contributed by atoms with Crippen molar-refractivity contribution in [2.75, 3.05) is 25.0 Å². The number of hydrogen-bond acceptors (Lipinski definition) is 6. The lowest BCUT2D eigenvalue weighted by molar-refractivity contribution is 0.0615. The van der Waals surface area contributed by atoms with Crippen LogP contribution in [-0.2, 0) is 6.54 Å². The lowest BCUT2D eigenvalue weighted by atomic mass is 9.94. The molecule has 1 aliphatic heterocycles. The van der Waals surface area contributed by atoms with Crippen molar-refractivity contribution in [3.63, 3.8) is 0 Å². The predicted molar refractivity (Wildman–Crippen MR) is 105 cm³/mol. The van der Waals surface area contributed by atoms with Crippen LogP contribution >= 0.6 is 22.9 Å². The number of nitrogens with one attached hydrogen (secondary N) is 2. The van der Waals surface area contributed by atoms with Gasteiger partial charge in [-0.3, -0.25) is 4.79 Å². The summed E-state index contributed by atoms with van der Waals surface area (Å²) in [6, 6.07) is 5.78. The Balaban J connectivity index is 1.86. The van der Waals surface area contributed by atoms with Crippen LogP contribution in [0.2, 0.25) is 4.34 Å². The minimum absolute atomic E-state index is 0.221. The number of rotatable bonds is 6. The first kappa shape index (κ1) is 19.4. The van der Waals surface area contributed by atoms with Gasteiger partial charge < -0.3 is 15.7 Å². The molecule has 0 bridgehead atoms. The van der Waals surface area contributed by atoms with Crippen LogP contribution in [0.5, 0.6) is 0 Å². The van der Waals surface area contributed by atoms with E-state index in [-0.39, 0.29) is 12.5 Å². The Morgan fingerprint density at radius 2 is 2.35 bits per heavy atom. The highest BCUT2D eigenvalue weighted by atomic mass is 35.5. The van der Waals surface area contributed by atoms with Gasteiger partial charge in [-0.1, -0.05) is 11.6 Å². The molecule has 3 rings (SSSR count). The summed E-state index contributed by atoms with van der Waals surface area (Å²) >= 11 is 7.50. The van der Waals surface area contributed by atoms with Gasteiger partial charge in [-0.2, -0.15) is 9.78 Å². The summed E-state index contributed by atoms with van der Waals surface area (Å²) in [7, 11) is 0. The standard InChI is InChI=1S/C18H25ClN4O2S/c1-18(2,11-24)17(25)23-16(21-10-13-5-6-15(19)26-13)8-14(22-23)12-4-3-7-20-9-12/h5-6,8,12,20-21,24H,3-4,7,9-11H2,1-2H3. The number of carbonyl (C=O) groups is 1. The molecule has 0 saturated carbocycles. The van der Waals surface area contributed by atoms with Crippen LogP contribution in [0.3, 0.4) is 0 Å². The van der Waals surface area contributed by atoms with Crippen molar-refractivity contribution in [2.24, 2.45) is 5.41 Å². The van der Waals surface area contributed by atoms with Crippen LogP contribution in [0, 0.1) is 5.41 Å².